The molecule has 1 aliphatic rings. The lowest BCUT2D eigenvalue weighted by Crippen LogP contribution is -2.20. The number of nitrogens with one attached hydrogen (secondary N) is 1. The predicted octanol–water partition coefficient (Wildman–Crippen LogP) is 5.49. The third-order valence-electron chi connectivity index (χ3n) is 4.74. The zero-order valence-corrected chi connectivity index (χ0v) is 14.7. The number of hydrogen-bond donors (Lipinski definition) is 2. The lowest BCUT2D eigenvalue weighted by molar-refractivity contribution is -0.138. The van der Waals surface area contributed by atoms with Gasteiger partial charge in [-0.05, 0) is 43.1 Å². The van der Waals surface area contributed by atoms with Crippen LogP contribution in [0.2, 0.25) is 0 Å². The van der Waals surface area contributed by atoms with Crippen molar-refractivity contribution in [2.75, 3.05) is 5.32 Å². The van der Waals surface area contributed by atoms with Crippen LogP contribution in [0, 0.1) is 5.92 Å². The third-order valence-corrected chi connectivity index (χ3v) is 5.50. The highest BCUT2D eigenvalue weighted by atomic mass is 32.1. The van der Waals surface area contributed by atoms with Gasteiger partial charge in [-0.3, -0.25) is 10.1 Å². The quantitative estimate of drug-likeness (QED) is 0.669. The number of alkyl halides is 3. The molecular formula is C18H19F3N2O2S. The van der Waals surface area contributed by atoms with Crippen LogP contribution in [0.3, 0.4) is 0 Å². The normalized spacial score (nSPS) is 20.7. The number of hydrogen-bond acceptors (Lipinski definition) is 4. The fourth-order valence-corrected chi connectivity index (χ4v) is 4.20. The summed E-state index contributed by atoms with van der Waals surface area (Å²) in [6, 6.07) is 7.75. The molecule has 1 aromatic heterocycles. The molecule has 1 aromatic carbocycles. The van der Waals surface area contributed by atoms with Gasteiger partial charge in [-0.1, -0.05) is 24.3 Å². The summed E-state index contributed by atoms with van der Waals surface area (Å²) in [6.07, 6.45) is -0.488. The van der Waals surface area contributed by atoms with Gasteiger partial charge < -0.3 is 5.11 Å². The zero-order chi connectivity index (χ0) is 18.7. The second kappa shape index (κ2) is 7.65. The maximum atomic E-state index is 12.3. The number of aromatic nitrogens is 1. The summed E-state index contributed by atoms with van der Waals surface area (Å²) in [6.45, 7) is 0. The van der Waals surface area contributed by atoms with Crippen molar-refractivity contribution in [1.82, 2.24) is 4.98 Å². The van der Waals surface area contributed by atoms with Crippen LogP contribution in [0.4, 0.5) is 18.3 Å². The summed E-state index contributed by atoms with van der Waals surface area (Å²) >= 11 is 0.918. The molecule has 0 radical (unpaired) electrons. The Morgan fingerprint density at radius 3 is 2.42 bits per heavy atom. The van der Waals surface area contributed by atoms with Gasteiger partial charge >= 0.3 is 12.3 Å². The summed E-state index contributed by atoms with van der Waals surface area (Å²) in [4.78, 5) is 14.8. The Labute approximate surface area is 153 Å². The Morgan fingerprint density at radius 2 is 1.85 bits per heavy atom. The van der Waals surface area contributed by atoms with E-state index >= 15 is 0 Å². The molecule has 8 heteroatoms. The Bertz CT molecular complexity index is 751. The van der Waals surface area contributed by atoms with E-state index in [2.05, 4.69) is 4.98 Å². The van der Waals surface area contributed by atoms with E-state index in [1.165, 1.54) is 10.9 Å². The molecule has 2 aromatic rings. The number of rotatable bonds is 5. The summed E-state index contributed by atoms with van der Waals surface area (Å²) in [7, 11) is 0. The number of carbonyl (C=O) groups is 1. The van der Waals surface area contributed by atoms with Crippen molar-refractivity contribution >= 4 is 22.4 Å². The number of nitrogens with zero attached hydrogens (tertiary/aromatic N) is 1. The van der Waals surface area contributed by atoms with Crippen LogP contribution in [0.1, 0.15) is 43.6 Å². The first-order valence-electron chi connectivity index (χ1n) is 8.43. The molecule has 1 fully saturated rings. The fourth-order valence-electron chi connectivity index (χ4n) is 3.46. The van der Waals surface area contributed by atoms with Crippen LogP contribution in [-0.2, 0) is 4.79 Å². The first-order chi connectivity index (χ1) is 12.3. The average Bonchev–Trinajstić information content (AvgIpc) is 3.02. The molecule has 2 N–H and O–H groups in total. The lowest BCUT2D eigenvalue weighted by Gasteiger charge is -2.28. The van der Waals surface area contributed by atoms with Crippen LogP contribution in [-0.4, -0.2) is 22.4 Å². The molecule has 0 amide bonds. The zero-order valence-electron chi connectivity index (χ0n) is 13.9. The molecule has 4 nitrogen and oxygen atoms in total. The number of aliphatic carboxylic acids is 1. The molecule has 0 atom stereocenters. The third kappa shape index (κ3) is 4.97. The number of carboxylic acids is 1. The van der Waals surface area contributed by atoms with Crippen molar-refractivity contribution in [3.63, 3.8) is 0 Å². The molecule has 140 valence electrons. The van der Waals surface area contributed by atoms with Gasteiger partial charge in [0.05, 0.1) is 5.69 Å². The number of halogens is 3. The molecule has 0 saturated heterocycles. The van der Waals surface area contributed by atoms with Gasteiger partial charge in [-0.15, -0.1) is 11.3 Å². The van der Waals surface area contributed by atoms with Crippen LogP contribution in [0.25, 0.3) is 11.3 Å². The topological polar surface area (TPSA) is 62.2 Å². The van der Waals surface area contributed by atoms with Gasteiger partial charge in [0.1, 0.15) is 0 Å². The first-order valence-corrected chi connectivity index (χ1v) is 9.30. The maximum Gasteiger partial charge on any atom is 0.484 e. The molecule has 26 heavy (non-hydrogen) atoms. The van der Waals surface area contributed by atoms with E-state index < -0.39 is 12.3 Å². The van der Waals surface area contributed by atoms with Crippen LogP contribution < -0.4 is 5.32 Å². The molecule has 0 aliphatic heterocycles. The Kier molecular flexibility index (Phi) is 5.50. The predicted molar refractivity (Wildman–Crippen MR) is 94.2 cm³/mol. The standard InChI is InChI=1S/C18H19F3N2O2S/c19-18(20,21)23-17-22-15(10-26-17)14-7-5-13(6-8-14)12-3-1-11(2-4-12)9-16(24)25/h5-8,10-12H,1-4,9H2,(H,22,23)(H,24,25). The smallest absolute Gasteiger partial charge is 0.481 e. The van der Waals surface area contributed by atoms with Crippen molar-refractivity contribution in [1.29, 1.82) is 0 Å². The van der Waals surface area contributed by atoms with Crippen LogP contribution in [0.5, 0.6) is 0 Å². The summed E-state index contributed by atoms with van der Waals surface area (Å²) in [5.74, 6) is -0.0648. The van der Waals surface area contributed by atoms with Crippen molar-refractivity contribution in [3.05, 3.63) is 35.2 Å². The fraction of sp³-hybridized carbons (Fsp3) is 0.444. The minimum absolute atomic E-state index is 0.173. The van der Waals surface area contributed by atoms with Crippen molar-refractivity contribution in [2.24, 2.45) is 5.92 Å². The van der Waals surface area contributed by atoms with E-state index in [0.717, 1.165) is 42.6 Å². The van der Waals surface area contributed by atoms with Crippen molar-refractivity contribution < 1.29 is 23.1 Å². The largest absolute Gasteiger partial charge is 0.484 e. The molecule has 1 saturated carbocycles. The monoisotopic (exact) mass is 384 g/mol. The van der Waals surface area contributed by atoms with E-state index in [9.17, 15) is 18.0 Å². The Balaban J connectivity index is 1.62. The molecule has 0 spiro atoms. The van der Waals surface area contributed by atoms with Crippen LogP contribution in [0.15, 0.2) is 29.6 Å². The highest BCUT2D eigenvalue weighted by molar-refractivity contribution is 7.14. The summed E-state index contributed by atoms with van der Waals surface area (Å²) < 4.78 is 37.0. The molecular weight excluding hydrogens is 365 g/mol. The van der Waals surface area contributed by atoms with E-state index in [-0.39, 0.29) is 17.5 Å². The SMILES string of the molecule is O=C(O)CC1CCC(c2ccc(-c3csc(NC(F)(F)F)n3)cc2)CC1. The highest BCUT2D eigenvalue weighted by Crippen LogP contribution is 2.38. The van der Waals surface area contributed by atoms with E-state index in [1.807, 2.05) is 24.3 Å². The second-order valence-corrected chi connectivity index (χ2v) is 7.46. The minimum atomic E-state index is -4.49. The van der Waals surface area contributed by atoms with Gasteiger partial charge in [-0.2, -0.15) is 13.2 Å². The van der Waals surface area contributed by atoms with Crippen molar-refractivity contribution in [3.8, 4) is 11.3 Å². The van der Waals surface area contributed by atoms with E-state index in [1.54, 1.807) is 5.38 Å². The van der Waals surface area contributed by atoms with Crippen molar-refractivity contribution in [2.45, 2.75) is 44.3 Å². The average molecular weight is 384 g/mol. The highest BCUT2D eigenvalue weighted by Gasteiger charge is 2.28. The number of benzene rings is 1. The van der Waals surface area contributed by atoms with Gasteiger partial charge in [0.15, 0.2) is 5.13 Å². The molecule has 3 rings (SSSR count). The van der Waals surface area contributed by atoms with Gasteiger partial charge in [0.2, 0.25) is 0 Å². The Morgan fingerprint density at radius 1 is 1.19 bits per heavy atom. The Hall–Kier alpha value is -2.09. The molecule has 0 bridgehead atoms. The minimum Gasteiger partial charge on any atom is -0.481 e. The van der Waals surface area contributed by atoms with Gasteiger partial charge in [-0.25, -0.2) is 4.98 Å². The molecule has 0 unspecified atom stereocenters. The molecule has 1 heterocycles. The van der Waals surface area contributed by atoms with Crippen LogP contribution >= 0.6 is 11.3 Å². The number of anilines is 1. The number of carboxylic acid groups (broad SMARTS) is 1. The number of thiazole rings is 1. The molecule has 1 aliphatic carbocycles. The first kappa shape index (κ1) is 18.7. The lowest BCUT2D eigenvalue weighted by atomic mass is 9.77. The van der Waals surface area contributed by atoms with E-state index in [0.29, 0.717) is 11.6 Å². The summed E-state index contributed by atoms with van der Waals surface area (Å²) in [5.41, 5.74) is 2.48. The second-order valence-electron chi connectivity index (χ2n) is 6.60. The maximum absolute atomic E-state index is 12.3. The van der Waals surface area contributed by atoms with Gasteiger partial charge in [0, 0.05) is 17.4 Å². The van der Waals surface area contributed by atoms with E-state index in [4.69, 9.17) is 5.11 Å². The summed E-state index contributed by atoms with van der Waals surface area (Å²) in [5, 5.41) is 11.7. The van der Waals surface area contributed by atoms with Gasteiger partial charge in [0.25, 0.3) is 0 Å².